The molecule has 0 spiro atoms. The summed E-state index contributed by atoms with van der Waals surface area (Å²) in [6.07, 6.45) is 4.40. The first-order chi connectivity index (χ1) is 7.66. The lowest BCUT2D eigenvalue weighted by Gasteiger charge is -2.36. The molecule has 2 atom stereocenters. The Hall–Kier alpha value is -1.09. The van der Waals surface area contributed by atoms with Crippen LogP contribution in [0.1, 0.15) is 32.4 Å². The maximum absolute atomic E-state index is 5.92. The Morgan fingerprint density at radius 1 is 1.50 bits per heavy atom. The SMILES string of the molecule is CC1CCN(Cc2ncccc2N)C(C)C1. The van der Waals surface area contributed by atoms with Gasteiger partial charge in [0.2, 0.25) is 0 Å². The fourth-order valence-corrected chi connectivity index (χ4v) is 2.47. The molecule has 16 heavy (non-hydrogen) atoms. The van der Waals surface area contributed by atoms with Gasteiger partial charge in [-0.05, 0) is 44.4 Å². The highest BCUT2D eigenvalue weighted by atomic mass is 15.2. The van der Waals surface area contributed by atoms with Crippen LogP contribution in [-0.2, 0) is 6.54 Å². The number of hydrogen-bond acceptors (Lipinski definition) is 3. The summed E-state index contributed by atoms with van der Waals surface area (Å²) in [5.41, 5.74) is 7.75. The van der Waals surface area contributed by atoms with Crippen molar-refractivity contribution in [2.75, 3.05) is 12.3 Å². The number of nitrogens with two attached hydrogens (primary N) is 1. The first-order valence-electron chi connectivity index (χ1n) is 6.10. The zero-order chi connectivity index (χ0) is 11.5. The molecule has 88 valence electrons. The van der Waals surface area contributed by atoms with E-state index in [1.54, 1.807) is 0 Å². The van der Waals surface area contributed by atoms with E-state index >= 15 is 0 Å². The topological polar surface area (TPSA) is 42.2 Å². The second-order valence-corrected chi connectivity index (χ2v) is 4.99. The van der Waals surface area contributed by atoms with Crippen molar-refractivity contribution in [2.45, 2.75) is 39.3 Å². The summed E-state index contributed by atoms with van der Waals surface area (Å²) >= 11 is 0. The van der Waals surface area contributed by atoms with E-state index in [4.69, 9.17) is 5.73 Å². The third-order valence-electron chi connectivity index (χ3n) is 3.55. The molecule has 0 radical (unpaired) electrons. The minimum Gasteiger partial charge on any atom is -0.397 e. The number of hydrogen-bond donors (Lipinski definition) is 1. The van der Waals surface area contributed by atoms with Gasteiger partial charge in [-0.2, -0.15) is 0 Å². The van der Waals surface area contributed by atoms with Crippen molar-refractivity contribution >= 4 is 5.69 Å². The Morgan fingerprint density at radius 2 is 2.31 bits per heavy atom. The van der Waals surface area contributed by atoms with Gasteiger partial charge in [-0.15, -0.1) is 0 Å². The Balaban J connectivity index is 2.02. The molecule has 0 aromatic carbocycles. The van der Waals surface area contributed by atoms with Gasteiger partial charge in [-0.3, -0.25) is 9.88 Å². The van der Waals surface area contributed by atoms with Crippen LogP contribution in [0.25, 0.3) is 0 Å². The average Bonchev–Trinajstić information content (AvgIpc) is 2.25. The van der Waals surface area contributed by atoms with Crippen molar-refractivity contribution < 1.29 is 0 Å². The number of likely N-dealkylation sites (tertiary alicyclic amines) is 1. The summed E-state index contributed by atoms with van der Waals surface area (Å²) in [5.74, 6) is 0.854. The lowest BCUT2D eigenvalue weighted by atomic mass is 9.93. The van der Waals surface area contributed by atoms with E-state index in [1.807, 2.05) is 18.3 Å². The van der Waals surface area contributed by atoms with Gasteiger partial charge in [-0.1, -0.05) is 6.92 Å². The fraction of sp³-hybridized carbons (Fsp3) is 0.615. The van der Waals surface area contributed by atoms with Gasteiger partial charge in [-0.25, -0.2) is 0 Å². The number of aromatic nitrogens is 1. The summed E-state index contributed by atoms with van der Waals surface area (Å²) in [5, 5.41) is 0. The number of nitrogen functional groups attached to an aromatic ring is 1. The van der Waals surface area contributed by atoms with E-state index in [0.29, 0.717) is 6.04 Å². The molecule has 1 aromatic rings. The Kier molecular flexibility index (Phi) is 3.44. The molecule has 2 N–H and O–H groups in total. The number of nitrogens with zero attached hydrogens (tertiary/aromatic N) is 2. The van der Waals surface area contributed by atoms with Crippen LogP contribution >= 0.6 is 0 Å². The van der Waals surface area contributed by atoms with Crippen LogP contribution in [-0.4, -0.2) is 22.5 Å². The number of pyridine rings is 1. The average molecular weight is 219 g/mol. The van der Waals surface area contributed by atoms with Crippen molar-refractivity contribution in [3.8, 4) is 0 Å². The molecular formula is C13H21N3. The zero-order valence-electron chi connectivity index (χ0n) is 10.2. The molecular weight excluding hydrogens is 198 g/mol. The predicted molar refractivity (Wildman–Crippen MR) is 66.9 cm³/mol. The highest BCUT2D eigenvalue weighted by molar-refractivity contribution is 5.41. The normalized spacial score (nSPS) is 26.9. The van der Waals surface area contributed by atoms with Crippen LogP contribution in [0.3, 0.4) is 0 Å². The summed E-state index contributed by atoms with van der Waals surface area (Å²) in [7, 11) is 0. The maximum atomic E-state index is 5.92. The standard InChI is InChI=1S/C13H21N3/c1-10-5-7-16(11(2)8-10)9-13-12(14)4-3-6-15-13/h3-4,6,10-11H,5,7-9,14H2,1-2H3. The molecule has 1 saturated heterocycles. The smallest absolute Gasteiger partial charge is 0.0772 e. The summed E-state index contributed by atoms with van der Waals surface area (Å²) in [6.45, 7) is 6.69. The highest BCUT2D eigenvalue weighted by Gasteiger charge is 2.23. The van der Waals surface area contributed by atoms with Crippen LogP contribution in [0.4, 0.5) is 5.69 Å². The van der Waals surface area contributed by atoms with E-state index in [9.17, 15) is 0 Å². The van der Waals surface area contributed by atoms with E-state index in [2.05, 4.69) is 23.7 Å². The Bertz CT molecular complexity index is 351. The molecule has 3 nitrogen and oxygen atoms in total. The third-order valence-corrected chi connectivity index (χ3v) is 3.55. The molecule has 2 unspecified atom stereocenters. The van der Waals surface area contributed by atoms with Crippen molar-refractivity contribution in [2.24, 2.45) is 5.92 Å². The molecule has 2 rings (SSSR count). The minimum absolute atomic E-state index is 0.644. The molecule has 0 saturated carbocycles. The first kappa shape index (κ1) is 11.4. The van der Waals surface area contributed by atoms with E-state index in [0.717, 1.165) is 23.8 Å². The van der Waals surface area contributed by atoms with E-state index in [-0.39, 0.29) is 0 Å². The monoisotopic (exact) mass is 219 g/mol. The van der Waals surface area contributed by atoms with Crippen molar-refractivity contribution in [1.29, 1.82) is 0 Å². The van der Waals surface area contributed by atoms with Gasteiger partial charge >= 0.3 is 0 Å². The number of anilines is 1. The second-order valence-electron chi connectivity index (χ2n) is 4.99. The molecule has 0 aliphatic carbocycles. The van der Waals surface area contributed by atoms with Crippen LogP contribution in [0, 0.1) is 5.92 Å². The molecule has 2 heterocycles. The predicted octanol–water partition coefficient (Wildman–Crippen LogP) is 2.28. The van der Waals surface area contributed by atoms with Crippen LogP contribution in [0.5, 0.6) is 0 Å². The highest BCUT2D eigenvalue weighted by Crippen LogP contribution is 2.24. The van der Waals surface area contributed by atoms with Crippen molar-refractivity contribution in [3.05, 3.63) is 24.0 Å². The Morgan fingerprint density at radius 3 is 3.00 bits per heavy atom. The third kappa shape index (κ3) is 2.53. The summed E-state index contributed by atoms with van der Waals surface area (Å²) in [6, 6.07) is 4.46. The minimum atomic E-state index is 0.644. The van der Waals surface area contributed by atoms with Gasteiger partial charge in [0.25, 0.3) is 0 Å². The molecule has 1 fully saturated rings. The van der Waals surface area contributed by atoms with Gasteiger partial charge in [0.1, 0.15) is 0 Å². The van der Waals surface area contributed by atoms with Gasteiger partial charge in [0.15, 0.2) is 0 Å². The first-order valence-corrected chi connectivity index (χ1v) is 6.10. The molecule has 0 bridgehead atoms. The molecule has 1 aliphatic rings. The second kappa shape index (κ2) is 4.83. The molecule has 3 heteroatoms. The quantitative estimate of drug-likeness (QED) is 0.829. The molecule has 0 amide bonds. The lowest BCUT2D eigenvalue weighted by Crippen LogP contribution is -2.39. The lowest BCUT2D eigenvalue weighted by molar-refractivity contribution is 0.121. The largest absolute Gasteiger partial charge is 0.397 e. The summed E-state index contributed by atoms with van der Waals surface area (Å²) in [4.78, 5) is 6.84. The van der Waals surface area contributed by atoms with Gasteiger partial charge in [0, 0.05) is 18.8 Å². The van der Waals surface area contributed by atoms with Crippen LogP contribution in [0.2, 0.25) is 0 Å². The van der Waals surface area contributed by atoms with E-state index < -0.39 is 0 Å². The fourth-order valence-electron chi connectivity index (χ4n) is 2.47. The van der Waals surface area contributed by atoms with Gasteiger partial charge in [0.05, 0.1) is 11.4 Å². The van der Waals surface area contributed by atoms with Crippen LogP contribution < -0.4 is 5.73 Å². The number of piperidine rings is 1. The van der Waals surface area contributed by atoms with Crippen LogP contribution in [0.15, 0.2) is 18.3 Å². The maximum Gasteiger partial charge on any atom is 0.0772 e. The Labute approximate surface area is 97.7 Å². The van der Waals surface area contributed by atoms with Gasteiger partial charge < -0.3 is 5.73 Å². The van der Waals surface area contributed by atoms with Crippen molar-refractivity contribution in [3.63, 3.8) is 0 Å². The molecule has 1 aliphatic heterocycles. The van der Waals surface area contributed by atoms with E-state index in [1.165, 1.54) is 19.4 Å². The molecule has 1 aromatic heterocycles. The summed E-state index contributed by atoms with van der Waals surface area (Å²) < 4.78 is 0. The number of rotatable bonds is 2. The zero-order valence-corrected chi connectivity index (χ0v) is 10.2. The van der Waals surface area contributed by atoms with Crippen molar-refractivity contribution in [1.82, 2.24) is 9.88 Å².